The molecule has 2 heterocycles. The van der Waals surface area contributed by atoms with Crippen LogP contribution >= 0.6 is 0 Å². The molecule has 2 aromatic heterocycles. The first-order chi connectivity index (χ1) is 17.0. The molecule has 0 unspecified atom stereocenters. The number of aromatic nitrogens is 4. The number of anilines is 2. The Kier molecular flexibility index (Phi) is 6.73. The third-order valence-electron chi connectivity index (χ3n) is 5.63. The first-order valence-corrected chi connectivity index (χ1v) is 11.1. The lowest BCUT2D eigenvalue weighted by atomic mass is 10.1. The summed E-state index contributed by atoms with van der Waals surface area (Å²) >= 11 is 0. The van der Waals surface area contributed by atoms with E-state index in [0.717, 1.165) is 10.1 Å². The van der Waals surface area contributed by atoms with Gasteiger partial charge in [-0.1, -0.05) is 24.3 Å². The molecule has 0 aliphatic heterocycles. The molecule has 4 rings (SSSR count). The van der Waals surface area contributed by atoms with Gasteiger partial charge in [0.25, 0.3) is 17.5 Å². The van der Waals surface area contributed by atoms with Gasteiger partial charge in [-0.2, -0.15) is 18.2 Å². The van der Waals surface area contributed by atoms with Crippen LogP contribution in [-0.4, -0.2) is 31.4 Å². The van der Waals surface area contributed by atoms with E-state index in [0.29, 0.717) is 33.9 Å². The normalized spacial score (nSPS) is 11.5. The number of aryl methyl sites for hydroxylation is 3. The molecule has 0 bridgehead atoms. The molecular weight excluding hydrogens is 473 g/mol. The van der Waals surface area contributed by atoms with Crippen molar-refractivity contribution in [3.05, 3.63) is 82.4 Å². The summed E-state index contributed by atoms with van der Waals surface area (Å²) in [6, 6.07) is 14.0. The van der Waals surface area contributed by atoms with Crippen LogP contribution in [-0.2, 0) is 17.4 Å². The number of nitrogens with zero attached hydrogens (tertiary/aromatic N) is 4. The predicted octanol–water partition coefficient (Wildman–Crippen LogP) is 4.89. The van der Waals surface area contributed by atoms with E-state index in [1.165, 1.54) is 0 Å². The smallest absolute Gasteiger partial charge is 0.325 e. The second-order valence-corrected chi connectivity index (χ2v) is 8.32. The average molecular weight is 496 g/mol. The SMILES string of the molecule is Cc1cccc(NC(=O)c2ccccc2NC(=O)CCc2c(C)nc3nc(C(F)(F)F)nn3c2C)c1. The molecule has 0 aliphatic rings. The molecule has 4 aromatic rings. The number of nitrogens with one attached hydrogen (secondary N) is 2. The molecular formula is C25H23F3N6O2. The molecule has 0 saturated heterocycles. The Morgan fingerprint density at radius 1 is 0.972 bits per heavy atom. The molecule has 0 spiro atoms. The minimum atomic E-state index is -4.69. The Morgan fingerprint density at radius 2 is 1.72 bits per heavy atom. The Bertz CT molecular complexity index is 1460. The maximum atomic E-state index is 13.0. The van der Waals surface area contributed by atoms with Gasteiger partial charge in [0, 0.05) is 23.5 Å². The second kappa shape index (κ2) is 9.76. The van der Waals surface area contributed by atoms with Gasteiger partial charge in [0.2, 0.25) is 5.91 Å². The number of amides is 2. The summed E-state index contributed by atoms with van der Waals surface area (Å²) in [5, 5.41) is 9.10. The third kappa shape index (κ3) is 5.35. The number of hydrogen-bond donors (Lipinski definition) is 2. The maximum Gasteiger partial charge on any atom is 0.453 e. The van der Waals surface area contributed by atoms with Gasteiger partial charge in [0.05, 0.1) is 11.3 Å². The molecule has 0 atom stereocenters. The van der Waals surface area contributed by atoms with Gasteiger partial charge in [-0.15, -0.1) is 5.10 Å². The van der Waals surface area contributed by atoms with Gasteiger partial charge >= 0.3 is 6.18 Å². The highest BCUT2D eigenvalue weighted by molar-refractivity contribution is 6.10. The highest BCUT2D eigenvalue weighted by Crippen LogP contribution is 2.27. The molecule has 0 radical (unpaired) electrons. The van der Waals surface area contributed by atoms with E-state index in [-0.39, 0.29) is 30.4 Å². The van der Waals surface area contributed by atoms with Crippen molar-refractivity contribution in [3.8, 4) is 0 Å². The predicted molar refractivity (Wildman–Crippen MR) is 128 cm³/mol. The Labute approximate surface area is 204 Å². The molecule has 2 aromatic carbocycles. The van der Waals surface area contributed by atoms with Crippen molar-refractivity contribution in [3.63, 3.8) is 0 Å². The van der Waals surface area contributed by atoms with E-state index >= 15 is 0 Å². The minimum Gasteiger partial charge on any atom is -0.325 e. The number of carbonyl (C=O) groups excluding carboxylic acids is 2. The Hall–Kier alpha value is -4.28. The zero-order chi connectivity index (χ0) is 26.0. The fraction of sp³-hybridized carbons (Fsp3) is 0.240. The zero-order valence-corrected chi connectivity index (χ0v) is 19.8. The molecule has 186 valence electrons. The van der Waals surface area contributed by atoms with Crippen LogP contribution < -0.4 is 10.6 Å². The zero-order valence-electron chi connectivity index (χ0n) is 19.8. The molecule has 2 N–H and O–H groups in total. The van der Waals surface area contributed by atoms with E-state index in [2.05, 4.69) is 25.7 Å². The second-order valence-electron chi connectivity index (χ2n) is 8.32. The highest BCUT2D eigenvalue weighted by atomic mass is 19.4. The molecule has 8 nitrogen and oxygen atoms in total. The molecule has 2 amide bonds. The van der Waals surface area contributed by atoms with Crippen LogP contribution in [0.3, 0.4) is 0 Å². The number of hydrogen-bond acceptors (Lipinski definition) is 5. The van der Waals surface area contributed by atoms with Crippen molar-refractivity contribution in [1.82, 2.24) is 19.6 Å². The molecule has 0 saturated carbocycles. The van der Waals surface area contributed by atoms with Gasteiger partial charge in [0.15, 0.2) is 0 Å². The van der Waals surface area contributed by atoms with Crippen molar-refractivity contribution in [2.45, 2.75) is 39.8 Å². The highest BCUT2D eigenvalue weighted by Gasteiger charge is 2.37. The van der Waals surface area contributed by atoms with E-state index in [9.17, 15) is 22.8 Å². The van der Waals surface area contributed by atoms with Crippen LogP contribution in [0.5, 0.6) is 0 Å². The van der Waals surface area contributed by atoms with Crippen LogP contribution in [0.4, 0.5) is 24.5 Å². The standard InChI is InChI=1S/C25H23F3N6O2/c1-14-7-6-8-17(13-14)30-22(36)19-9-4-5-10-20(19)31-21(35)12-11-18-15(2)29-24-32-23(25(26,27)28)33-34(24)16(18)3/h4-10,13H,11-12H2,1-3H3,(H,30,36)(H,31,35). The largest absolute Gasteiger partial charge is 0.453 e. The summed E-state index contributed by atoms with van der Waals surface area (Å²) in [6.45, 7) is 5.17. The van der Waals surface area contributed by atoms with Crippen LogP contribution in [0.1, 0.15) is 45.1 Å². The third-order valence-corrected chi connectivity index (χ3v) is 5.63. The van der Waals surface area contributed by atoms with Crippen molar-refractivity contribution in [2.24, 2.45) is 0 Å². The lowest BCUT2D eigenvalue weighted by Gasteiger charge is -2.13. The van der Waals surface area contributed by atoms with Crippen LogP contribution in [0.15, 0.2) is 48.5 Å². The van der Waals surface area contributed by atoms with E-state index in [4.69, 9.17) is 0 Å². The van der Waals surface area contributed by atoms with E-state index in [1.807, 2.05) is 25.1 Å². The van der Waals surface area contributed by atoms with Crippen LogP contribution in [0, 0.1) is 20.8 Å². The van der Waals surface area contributed by atoms with Crippen molar-refractivity contribution >= 4 is 29.0 Å². The van der Waals surface area contributed by atoms with Gasteiger partial charge in [-0.3, -0.25) is 9.59 Å². The van der Waals surface area contributed by atoms with Crippen molar-refractivity contribution in [2.75, 3.05) is 10.6 Å². The lowest BCUT2D eigenvalue weighted by molar-refractivity contribution is -0.144. The van der Waals surface area contributed by atoms with Crippen molar-refractivity contribution < 1.29 is 22.8 Å². The van der Waals surface area contributed by atoms with Gasteiger partial charge in [-0.05, 0) is 62.6 Å². The number of fused-ring (bicyclic) bond motifs is 1. The quantitative estimate of drug-likeness (QED) is 0.396. The summed E-state index contributed by atoms with van der Waals surface area (Å²) in [5.41, 5.74) is 3.76. The monoisotopic (exact) mass is 496 g/mol. The minimum absolute atomic E-state index is 0.0174. The van der Waals surface area contributed by atoms with Gasteiger partial charge in [-0.25, -0.2) is 9.50 Å². The average Bonchev–Trinajstić information content (AvgIpc) is 3.24. The van der Waals surface area contributed by atoms with E-state index in [1.54, 1.807) is 44.2 Å². The summed E-state index contributed by atoms with van der Waals surface area (Å²) in [5.74, 6) is -2.16. The number of carbonyl (C=O) groups is 2. The fourth-order valence-corrected chi connectivity index (χ4v) is 3.85. The molecule has 11 heteroatoms. The number of rotatable bonds is 6. The Balaban J connectivity index is 1.48. The lowest BCUT2D eigenvalue weighted by Crippen LogP contribution is -2.19. The van der Waals surface area contributed by atoms with E-state index < -0.39 is 12.0 Å². The molecule has 0 aliphatic carbocycles. The topological polar surface area (TPSA) is 101 Å². The maximum absolute atomic E-state index is 13.0. The van der Waals surface area contributed by atoms with Crippen LogP contribution in [0.25, 0.3) is 5.78 Å². The summed E-state index contributed by atoms with van der Waals surface area (Å²) in [6.07, 6.45) is -4.46. The molecule has 36 heavy (non-hydrogen) atoms. The fourth-order valence-electron chi connectivity index (χ4n) is 3.85. The number of para-hydroxylation sites is 1. The van der Waals surface area contributed by atoms with Gasteiger partial charge < -0.3 is 10.6 Å². The number of benzene rings is 2. The first-order valence-electron chi connectivity index (χ1n) is 11.1. The van der Waals surface area contributed by atoms with Gasteiger partial charge in [0.1, 0.15) is 0 Å². The van der Waals surface area contributed by atoms with Crippen molar-refractivity contribution in [1.29, 1.82) is 0 Å². The summed E-state index contributed by atoms with van der Waals surface area (Å²) in [4.78, 5) is 33.1. The first kappa shape index (κ1) is 24.8. The summed E-state index contributed by atoms with van der Waals surface area (Å²) < 4.78 is 40.0. The number of halogens is 3. The summed E-state index contributed by atoms with van der Waals surface area (Å²) in [7, 11) is 0. The Morgan fingerprint density at radius 3 is 2.44 bits per heavy atom. The molecule has 0 fully saturated rings. The van der Waals surface area contributed by atoms with Crippen LogP contribution in [0.2, 0.25) is 0 Å². The number of alkyl halides is 3.